The summed E-state index contributed by atoms with van der Waals surface area (Å²) >= 11 is 0. The van der Waals surface area contributed by atoms with Crippen molar-refractivity contribution in [3.8, 4) is 0 Å². The Bertz CT molecular complexity index is 609. The van der Waals surface area contributed by atoms with Crippen molar-refractivity contribution in [3.63, 3.8) is 0 Å². The van der Waals surface area contributed by atoms with Crippen molar-refractivity contribution in [2.24, 2.45) is 4.99 Å². The highest BCUT2D eigenvalue weighted by atomic mass is 16.2. The number of urea groups is 1. The first-order valence-corrected chi connectivity index (χ1v) is 10.1. The Morgan fingerprint density at radius 3 is 2.36 bits per heavy atom. The molecule has 4 amide bonds. The van der Waals surface area contributed by atoms with Gasteiger partial charge in [0.1, 0.15) is 0 Å². The second kappa shape index (κ2) is 9.22. The van der Waals surface area contributed by atoms with Crippen LogP contribution in [0.25, 0.3) is 0 Å². The van der Waals surface area contributed by atoms with Crippen molar-refractivity contribution in [1.29, 1.82) is 0 Å². The molecule has 0 aromatic carbocycles. The third-order valence-corrected chi connectivity index (χ3v) is 5.70. The first-order chi connectivity index (χ1) is 13.5. The topological polar surface area (TPSA) is 101 Å². The van der Waals surface area contributed by atoms with Crippen LogP contribution in [0.1, 0.15) is 19.8 Å². The van der Waals surface area contributed by atoms with Gasteiger partial charge in [-0.1, -0.05) is 0 Å². The monoisotopic (exact) mass is 393 g/mol. The molecule has 0 saturated carbocycles. The summed E-state index contributed by atoms with van der Waals surface area (Å²) in [4.78, 5) is 47.7. The Morgan fingerprint density at radius 2 is 1.79 bits per heavy atom. The predicted molar refractivity (Wildman–Crippen MR) is 105 cm³/mol. The molecule has 0 spiro atoms. The number of nitrogens with zero attached hydrogens (tertiary/aromatic N) is 5. The van der Waals surface area contributed by atoms with Crippen molar-refractivity contribution in [1.82, 2.24) is 30.2 Å². The molecule has 0 aromatic heterocycles. The molecule has 3 fully saturated rings. The number of amides is 4. The maximum absolute atomic E-state index is 12.6. The lowest BCUT2D eigenvalue weighted by molar-refractivity contribution is -0.135. The molecule has 156 valence electrons. The summed E-state index contributed by atoms with van der Waals surface area (Å²) in [6.45, 7) is 7.77. The second-order valence-corrected chi connectivity index (χ2v) is 7.41. The van der Waals surface area contributed by atoms with Gasteiger partial charge in [0.05, 0.1) is 12.6 Å². The van der Waals surface area contributed by atoms with Gasteiger partial charge in [0.25, 0.3) is 0 Å². The van der Waals surface area contributed by atoms with E-state index in [-0.39, 0.29) is 30.4 Å². The highest BCUT2D eigenvalue weighted by Gasteiger charge is 2.31. The van der Waals surface area contributed by atoms with Gasteiger partial charge in [-0.2, -0.15) is 0 Å². The lowest BCUT2D eigenvalue weighted by Gasteiger charge is -2.39. The summed E-state index contributed by atoms with van der Waals surface area (Å²) in [5, 5.41) is 5.74. The zero-order chi connectivity index (χ0) is 20.1. The van der Waals surface area contributed by atoms with Crippen LogP contribution in [0.4, 0.5) is 4.79 Å². The molecule has 1 unspecified atom stereocenters. The Balaban J connectivity index is 1.43. The quantitative estimate of drug-likeness (QED) is 0.344. The number of rotatable bonds is 5. The fourth-order valence-electron chi connectivity index (χ4n) is 3.97. The number of imide groups is 1. The van der Waals surface area contributed by atoms with E-state index in [1.807, 2.05) is 11.8 Å². The van der Waals surface area contributed by atoms with Crippen LogP contribution in [-0.4, -0.2) is 115 Å². The number of likely N-dealkylation sites (tertiary alicyclic amines) is 1. The van der Waals surface area contributed by atoms with Crippen LogP contribution < -0.4 is 10.6 Å². The molecule has 3 saturated heterocycles. The zero-order valence-electron chi connectivity index (χ0n) is 16.8. The van der Waals surface area contributed by atoms with Gasteiger partial charge < -0.3 is 20.4 Å². The van der Waals surface area contributed by atoms with Crippen LogP contribution in [0.15, 0.2) is 4.99 Å². The second-order valence-electron chi connectivity index (χ2n) is 7.41. The van der Waals surface area contributed by atoms with Gasteiger partial charge in [-0.25, -0.2) is 4.79 Å². The molecule has 3 aliphatic rings. The SMILES string of the molecule is CN=C(NCCN1C(=O)CNC1=O)N1CCN(C(C)C(=O)N2CCCC2)CC1. The molecule has 3 rings (SSSR count). The van der Waals surface area contributed by atoms with Crippen LogP contribution in [0, 0.1) is 0 Å². The van der Waals surface area contributed by atoms with Crippen molar-refractivity contribution in [3.05, 3.63) is 0 Å². The van der Waals surface area contributed by atoms with Crippen LogP contribution in [0.3, 0.4) is 0 Å². The number of hydrogen-bond donors (Lipinski definition) is 2. The standard InChI is InChI=1S/C18H31N7O3/c1-14(16(27)23-6-3-4-7-23)22-9-11-24(12-10-22)17(19-2)20-5-8-25-15(26)13-21-18(25)28/h14H,3-13H2,1-2H3,(H,19,20)(H,21,28). The van der Waals surface area contributed by atoms with E-state index in [1.54, 1.807) is 7.05 Å². The lowest BCUT2D eigenvalue weighted by Crippen LogP contribution is -2.57. The molecular weight excluding hydrogens is 362 g/mol. The fourth-order valence-corrected chi connectivity index (χ4v) is 3.97. The van der Waals surface area contributed by atoms with E-state index in [1.165, 1.54) is 4.90 Å². The van der Waals surface area contributed by atoms with Crippen molar-refractivity contribution in [2.75, 3.05) is 66.0 Å². The van der Waals surface area contributed by atoms with Gasteiger partial charge in [0, 0.05) is 59.4 Å². The minimum absolute atomic E-state index is 0.0733. The zero-order valence-corrected chi connectivity index (χ0v) is 16.8. The number of guanidine groups is 1. The first kappa shape index (κ1) is 20.4. The number of carbonyl (C=O) groups excluding carboxylic acids is 3. The van der Waals surface area contributed by atoms with Gasteiger partial charge in [-0.05, 0) is 19.8 Å². The molecule has 28 heavy (non-hydrogen) atoms. The summed E-state index contributed by atoms with van der Waals surface area (Å²) in [7, 11) is 1.72. The highest BCUT2D eigenvalue weighted by Crippen LogP contribution is 2.14. The molecule has 2 N–H and O–H groups in total. The Morgan fingerprint density at radius 1 is 1.11 bits per heavy atom. The van der Waals surface area contributed by atoms with Gasteiger partial charge >= 0.3 is 6.03 Å². The summed E-state index contributed by atoms with van der Waals surface area (Å²) in [5.74, 6) is 0.791. The van der Waals surface area contributed by atoms with Crippen LogP contribution in [-0.2, 0) is 9.59 Å². The number of hydrogen-bond acceptors (Lipinski definition) is 5. The van der Waals surface area contributed by atoms with Gasteiger partial charge in [0.15, 0.2) is 5.96 Å². The van der Waals surface area contributed by atoms with E-state index in [0.717, 1.165) is 58.1 Å². The predicted octanol–water partition coefficient (Wildman–Crippen LogP) is -1.26. The minimum atomic E-state index is -0.341. The van der Waals surface area contributed by atoms with E-state index in [4.69, 9.17) is 0 Å². The highest BCUT2D eigenvalue weighted by molar-refractivity contribution is 6.01. The Kier molecular flexibility index (Phi) is 6.71. The van der Waals surface area contributed by atoms with E-state index >= 15 is 0 Å². The van der Waals surface area contributed by atoms with Crippen molar-refractivity contribution in [2.45, 2.75) is 25.8 Å². The maximum atomic E-state index is 12.6. The number of aliphatic imine (C=N–C) groups is 1. The molecular formula is C18H31N7O3. The van der Waals surface area contributed by atoms with Crippen LogP contribution >= 0.6 is 0 Å². The Hall–Kier alpha value is -2.36. The van der Waals surface area contributed by atoms with E-state index < -0.39 is 0 Å². The Labute approximate surface area is 165 Å². The van der Waals surface area contributed by atoms with Gasteiger partial charge in [-0.3, -0.25) is 24.4 Å². The van der Waals surface area contributed by atoms with E-state index in [2.05, 4.69) is 25.4 Å². The number of nitrogens with one attached hydrogen (secondary N) is 2. The van der Waals surface area contributed by atoms with Crippen molar-refractivity contribution >= 4 is 23.8 Å². The van der Waals surface area contributed by atoms with Crippen LogP contribution in [0.5, 0.6) is 0 Å². The van der Waals surface area contributed by atoms with E-state index in [9.17, 15) is 14.4 Å². The van der Waals surface area contributed by atoms with Crippen LogP contribution in [0.2, 0.25) is 0 Å². The fraction of sp³-hybridized carbons (Fsp3) is 0.778. The largest absolute Gasteiger partial charge is 0.354 e. The molecule has 10 nitrogen and oxygen atoms in total. The van der Waals surface area contributed by atoms with Gasteiger partial charge in [0.2, 0.25) is 11.8 Å². The van der Waals surface area contributed by atoms with Crippen molar-refractivity contribution < 1.29 is 14.4 Å². The number of piperazine rings is 1. The molecule has 10 heteroatoms. The summed E-state index contributed by atoms with van der Waals surface area (Å²) in [5.41, 5.74) is 0. The first-order valence-electron chi connectivity index (χ1n) is 10.1. The molecule has 1 atom stereocenters. The molecule has 0 bridgehead atoms. The minimum Gasteiger partial charge on any atom is -0.354 e. The molecule has 0 aromatic rings. The molecule has 0 radical (unpaired) electrons. The summed E-state index contributed by atoms with van der Waals surface area (Å²) < 4.78 is 0. The lowest BCUT2D eigenvalue weighted by atomic mass is 10.2. The molecule has 0 aliphatic carbocycles. The van der Waals surface area contributed by atoms with E-state index in [0.29, 0.717) is 13.1 Å². The average Bonchev–Trinajstić information content (AvgIpc) is 3.36. The summed E-state index contributed by atoms with van der Waals surface area (Å²) in [6.07, 6.45) is 2.22. The smallest absolute Gasteiger partial charge is 0.324 e. The normalized spacial score (nSPS) is 22.6. The number of carbonyl (C=O) groups is 3. The molecule has 3 aliphatic heterocycles. The summed E-state index contributed by atoms with van der Waals surface area (Å²) in [6, 6.07) is -0.429. The molecule has 3 heterocycles. The van der Waals surface area contributed by atoms with Gasteiger partial charge in [-0.15, -0.1) is 0 Å². The maximum Gasteiger partial charge on any atom is 0.324 e. The third-order valence-electron chi connectivity index (χ3n) is 5.70. The third kappa shape index (κ3) is 4.54. The average molecular weight is 393 g/mol.